The first kappa shape index (κ1) is 19.5. The van der Waals surface area contributed by atoms with Crippen LogP contribution in [0.5, 0.6) is 11.5 Å². The second kappa shape index (κ2) is 9.58. The minimum absolute atomic E-state index is 0.0739. The molecule has 0 bridgehead atoms. The molecule has 1 N–H and O–H groups in total. The van der Waals surface area contributed by atoms with E-state index < -0.39 is 0 Å². The van der Waals surface area contributed by atoms with Crippen molar-refractivity contribution in [2.24, 2.45) is 0 Å². The number of ether oxygens (including phenoxy) is 2. The lowest BCUT2D eigenvalue weighted by Gasteiger charge is -2.15. The lowest BCUT2D eigenvalue weighted by Crippen LogP contribution is -2.34. The molecule has 0 saturated heterocycles. The van der Waals surface area contributed by atoms with Gasteiger partial charge >= 0.3 is 5.97 Å². The quantitative estimate of drug-likeness (QED) is 0.736. The fourth-order valence-corrected chi connectivity index (χ4v) is 2.35. The molecule has 6 heteroatoms. The van der Waals surface area contributed by atoms with E-state index in [2.05, 4.69) is 5.32 Å². The Labute approximate surface area is 153 Å². The molecule has 138 valence electrons. The largest absolute Gasteiger partial charge is 0.465 e. The number of carbonyl (C=O) groups excluding carboxylic acids is 2. The molecule has 0 radical (unpaired) electrons. The normalized spacial score (nSPS) is 10.5. The fraction of sp³-hybridized carbons (Fsp3) is 0.300. The van der Waals surface area contributed by atoms with Crippen molar-refractivity contribution in [1.82, 2.24) is 4.90 Å². The molecular weight excluding hydrogens is 332 g/mol. The third-order valence-corrected chi connectivity index (χ3v) is 3.48. The number of nitrogens with one attached hydrogen (secondary N) is 1. The summed E-state index contributed by atoms with van der Waals surface area (Å²) in [6, 6.07) is 14.9. The molecule has 0 spiro atoms. The summed E-state index contributed by atoms with van der Waals surface area (Å²) in [6.45, 7) is 4.25. The number of anilines is 1. The van der Waals surface area contributed by atoms with Crippen LogP contribution in [-0.4, -0.2) is 43.5 Å². The van der Waals surface area contributed by atoms with Crippen molar-refractivity contribution in [3.8, 4) is 11.5 Å². The molecule has 2 aromatic carbocycles. The molecule has 26 heavy (non-hydrogen) atoms. The Balaban J connectivity index is 1.84. The number of aryl methyl sites for hydroxylation is 1. The van der Waals surface area contributed by atoms with Gasteiger partial charge in [-0.3, -0.25) is 14.5 Å². The fourth-order valence-electron chi connectivity index (χ4n) is 2.35. The topological polar surface area (TPSA) is 67.9 Å². The van der Waals surface area contributed by atoms with Gasteiger partial charge in [0.25, 0.3) is 0 Å². The number of hydrogen-bond acceptors (Lipinski definition) is 5. The molecule has 6 nitrogen and oxygen atoms in total. The minimum Gasteiger partial charge on any atom is -0.465 e. The van der Waals surface area contributed by atoms with Crippen LogP contribution in [0, 0.1) is 6.92 Å². The molecule has 0 atom stereocenters. The molecule has 0 aliphatic heterocycles. The highest BCUT2D eigenvalue weighted by atomic mass is 16.5. The van der Waals surface area contributed by atoms with Crippen LogP contribution in [0.4, 0.5) is 5.69 Å². The highest BCUT2D eigenvalue weighted by Crippen LogP contribution is 2.23. The summed E-state index contributed by atoms with van der Waals surface area (Å²) in [5, 5.41) is 2.79. The molecule has 0 unspecified atom stereocenters. The highest BCUT2D eigenvalue weighted by Gasteiger charge is 2.11. The van der Waals surface area contributed by atoms with Gasteiger partial charge in [0.15, 0.2) is 0 Å². The van der Waals surface area contributed by atoms with Crippen LogP contribution in [-0.2, 0) is 14.3 Å². The van der Waals surface area contributed by atoms with Gasteiger partial charge in [-0.25, -0.2) is 0 Å². The Morgan fingerprint density at radius 1 is 1.04 bits per heavy atom. The number of likely N-dealkylation sites (N-methyl/N-ethyl adjacent to an activating group) is 1. The predicted octanol–water partition coefficient (Wildman–Crippen LogP) is 3.22. The Kier molecular flexibility index (Phi) is 7.17. The van der Waals surface area contributed by atoms with Gasteiger partial charge < -0.3 is 14.8 Å². The van der Waals surface area contributed by atoms with Crippen LogP contribution in [0.25, 0.3) is 0 Å². The zero-order chi connectivity index (χ0) is 18.9. The molecule has 0 fully saturated rings. The van der Waals surface area contributed by atoms with E-state index >= 15 is 0 Å². The molecule has 0 aromatic heterocycles. The van der Waals surface area contributed by atoms with Crippen LogP contribution < -0.4 is 10.1 Å². The second-order valence-electron chi connectivity index (χ2n) is 5.97. The number of rotatable bonds is 8. The van der Waals surface area contributed by atoms with E-state index in [0.29, 0.717) is 18.0 Å². The Morgan fingerprint density at radius 3 is 2.42 bits per heavy atom. The Morgan fingerprint density at radius 2 is 1.77 bits per heavy atom. The van der Waals surface area contributed by atoms with Gasteiger partial charge in [-0.1, -0.05) is 12.1 Å². The van der Waals surface area contributed by atoms with E-state index in [1.165, 1.54) is 0 Å². The first-order valence-corrected chi connectivity index (χ1v) is 8.45. The lowest BCUT2D eigenvalue weighted by molar-refractivity contribution is -0.144. The van der Waals surface area contributed by atoms with E-state index in [4.69, 9.17) is 9.47 Å². The van der Waals surface area contributed by atoms with E-state index in [1.54, 1.807) is 43.1 Å². The maximum Gasteiger partial charge on any atom is 0.320 e. The number of amides is 1. The van der Waals surface area contributed by atoms with Crippen LogP contribution >= 0.6 is 0 Å². The maximum atomic E-state index is 12.0. The van der Waals surface area contributed by atoms with Crippen molar-refractivity contribution < 1.29 is 19.1 Å². The summed E-state index contributed by atoms with van der Waals surface area (Å²) in [4.78, 5) is 25.0. The minimum atomic E-state index is -0.347. The molecule has 0 heterocycles. The molecular formula is C20H24N2O4. The van der Waals surface area contributed by atoms with Crippen molar-refractivity contribution in [3.63, 3.8) is 0 Å². The van der Waals surface area contributed by atoms with Crippen LogP contribution in [0.15, 0.2) is 48.5 Å². The van der Waals surface area contributed by atoms with Crippen molar-refractivity contribution in [3.05, 3.63) is 54.1 Å². The number of esters is 1. The average molecular weight is 356 g/mol. The average Bonchev–Trinajstić information content (AvgIpc) is 2.56. The number of hydrogen-bond donors (Lipinski definition) is 1. The molecule has 1 amide bonds. The molecule has 0 aliphatic rings. The Hall–Kier alpha value is -2.86. The van der Waals surface area contributed by atoms with Gasteiger partial charge in [-0.05, 0) is 62.9 Å². The smallest absolute Gasteiger partial charge is 0.320 e. The summed E-state index contributed by atoms with van der Waals surface area (Å²) >= 11 is 0. The van der Waals surface area contributed by atoms with Gasteiger partial charge in [0.1, 0.15) is 11.5 Å². The first-order valence-electron chi connectivity index (χ1n) is 8.45. The van der Waals surface area contributed by atoms with Gasteiger partial charge in [-0.15, -0.1) is 0 Å². The molecule has 0 aliphatic carbocycles. The van der Waals surface area contributed by atoms with Gasteiger partial charge in [0.05, 0.1) is 19.7 Å². The lowest BCUT2D eigenvalue weighted by atomic mass is 10.2. The van der Waals surface area contributed by atoms with Gasteiger partial charge in [-0.2, -0.15) is 0 Å². The van der Waals surface area contributed by atoms with Gasteiger partial charge in [0.2, 0.25) is 5.91 Å². The summed E-state index contributed by atoms with van der Waals surface area (Å²) < 4.78 is 10.6. The third kappa shape index (κ3) is 6.57. The zero-order valence-electron chi connectivity index (χ0n) is 15.3. The summed E-state index contributed by atoms with van der Waals surface area (Å²) in [6.07, 6.45) is 0. The summed E-state index contributed by atoms with van der Waals surface area (Å²) in [5.74, 6) is 0.903. The van der Waals surface area contributed by atoms with Crippen molar-refractivity contribution in [2.45, 2.75) is 13.8 Å². The van der Waals surface area contributed by atoms with E-state index in [1.807, 2.05) is 31.2 Å². The number of nitrogens with zero attached hydrogens (tertiary/aromatic N) is 1. The van der Waals surface area contributed by atoms with E-state index in [0.717, 1.165) is 11.3 Å². The predicted molar refractivity (Wildman–Crippen MR) is 100 cm³/mol. The van der Waals surface area contributed by atoms with Crippen LogP contribution in [0.3, 0.4) is 0 Å². The van der Waals surface area contributed by atoms with Crippen molar-refractivity contribution in [1.29, 1.82) is 0 Å². The van der Waals surface area contributed by atoms with Gasteiger partial charge in [0, 0.05) is 5.69 Å². The van der Waals surface area contributed by atoms with Crippen LogP contribution in [0.1, 0.15) is 12.5 Å². The maximum absolute atomic E-state index is 12.0. The molecule has 0 saturated carbocycles. The summed E-state index contributed by atoms with van der Waals surface area (Å²) in [5.41, 5.74) is 1.79. The monoisotopic (exact) mass is 356 g/mol. The van der Waals surface area contributed by atoms with Crippen molar-refractivity contribution >= 4 is 17.6 Å². The first-order chi connectivity index (χ1) is 12.5. The van der Waals surface area contributed by atoms with E-state index in [-0.39, 0.29) is 25.0 Å². The standard InChI is InChI=1S/C20H24N2O4/c1-4-25-20(24)14-22(3)13-19(23)21-16-8-10-17(11-9-16)26-18-7-5-6-15(2)12-18/h5-12H,4,13-14H2,1-3H3,(H,21,23). The molecule has 2 rings (SSSR count). The zero-order valence-corrected chi connectivity index (χ0v) is 15.3. The van der Waals surface area contributed by atoms with Crippen molar-refractivity contribution in [2.75, 3.05) is 32.1 Å². The third-order valence-electron chi connectivity index (χ3n) is 3.48. The van der Waals surface area contributed by atoms with Crippen LogP contribution in [0.2, 0.25) is 0 Å². The van der Waals surface area contributed by atoms with E-state index in [9.17, 15) is 9.59 Å². The second-order valence-corrected chi connectivity index (χ2v) is 5.97. The summed E-state index contributed by atoms with van der Waals surface area (Å²) in [7, 11) is 1.69. The highest BCUT2D eigenvalue weighted by molar-refractivity contribution is 5.92. The SMILES string of the molecule is CCOC(=O)CN(C)CC(=O)Nc1ccc(Oc2cccc(C)c2)cc1. The number of carbonyl (C=O) groups is 2. The number of benzene rings is 2. The molecule has 2 aromatic rings. The Bertz CT molecular complexity index is 744.